The van der Waals surface area contributed by atoms with Gasteiger partial charge in [0.2, 0.25) is 11.8 Å². The van der Waals surface area contributed by atoms with E-state index in [2.05, 4.69) is 30.5 Å². The van der Waals surface area contributed by atoms with Crippen LogP contribution in [0.25, 0.3) is 11.2 Å². The molecule has 0 aromatic carbocycles. The minimum absolute atomic E-state index is 0.00176. The van der Waals surface area contributed by atoms with Gasteiger partial charge in [0.15, 0.2) is 5.65 Å². The molecule has 2 aliphatic heterocycles. The van der Waals surface area contributed by atoms with Crippen LogP contribution in [0.2, 0.25) is 0 Å². The molecule has 10 nitrogen and oxygen atoms in total. The minimum atomic E-state index is -0.155. The van der Waals surface area contributed by atoms with Crippen molar-refractivity contribution < 1.29 is 9.53 Å². The molecule has 0 spiro atoms. The van der Waals surface area contributed by atoms with Gasteiger partial charge in [-0.1, -0.05) is 0 Å². The quantitative estimate of drug-likeness (QED) is 0.492. The third kappa shape index (κ3) is 5.06. The summed E-state index contributed by atoms with van der Waals surface area (Å²) in [6.45, 7) is 4.87. The van der Waals surface area contributed by atoms with Gasteiger partial charge >= 0.3 is 0 Å². The summed E-state index contributed by atoms with van der Waals surface area (Å²) in [6.07, 6.45) is 2.46. The maximum Gasteiger partial charge on any atom is 0.270 e. The monoisotopic (exact) mass is 481 g/mol. The Morgan fingerprint density at radius 3 is 3.00 bits per heavy atom. The Hall–Kier alpha value is -3.02. The predicted molar refractivity (Wildman–Crippen MR) is 130 cm³/mol. The summed E-state index contributed by atoms with van der Waals surface area (Å²) in [5.41, 5.74) is 2.00. The summed E-state index contributed by atoms with van der Waals surface area (Å²) in [6, 6.07) is 7.60. The lowest BCUT2D eigenvalue weighted by molar-refractivity contribution is -0.113. The van der Waals surface area contributed by atoms with Gasteiger partial charge in [0.1, 0.15) is 11.3 Å². The number of likely N-dealkylation sites (tertiary alicyclic amines) is 1. The van der Waals surface area contributed by atoms with Crippen LogP contribution >= 0.6 is 11.8 Å². The van der Waals surface area contributed by atoms with Gasteiger partial charge in [-0.15, -0.1) is 11.8 Å². The molecular formula is C23H27N7O3S. The molecule has 3 aromatic rings. The van der Waals surface area contributed by atoms with Crippen molar-refractivity contribution in [3.05, 3.63) is 46.5 Å². The third-order valence-electron chi connectivity index (χ3n) is 6.16. The molecule has 1 atom stereocenters. The van der Waals surface area contributed by atoms with Crippen LogP contribution in [0.4, 0.5) is 5.82 Å². The number of aromatic nitrogens is 4. The molecule has 11 heteroatoms. The van der Waals surface area contributed by atoms with Crippen molar-refractivity contribution in [1.82, 2.24) is 29.7 Å². The average Bonchev–Trinajstić information content (AvgIpc) is 3.30. The summed E-state index contributed by atoms with van der Waals surface area (Å²) in [5, 5.41) is 6.35. The first kappa shape index (κ1) is 22.8. The van der Waals surface area contributed by atoms with Crippen molar-refractivity contribution in [2.24, 2.45) is 5.92 Å². The molecule has 3 aromatic heterocycles. The largest absolute Gasteiger partial charge is 0.481 e. The molecule has 5 heterocycles. The minimum Gasteiger partial charge on any atom is -0.481 e. The molecule has 178 valence electrons. The molecule has 0 radical (unpaired) electrons. The van der Waals surface area contributed by atoms with Crippen molar-refractivity contribution >= 4 is 34.7 Å². The van der Waals surface area contributed by atoms with E-state index in [1.807, 2.05) is 18.2 Å². The Morgan fingerprint density at radius 1 is 1.21 bits per heavy atom. The fourth-order valence-electron chi connectivity index (χ4n) is 4.38. The SMILES string of the molecule is COc1ccc2ncc(=O)n(CCN3CCC(CNCc4ccc5c(n4)NC(=O)CS5)C3)c2n1. The molecule has 1 amide bonds. The van der Waals surface area contributed by atoms with Crippen molar-refractivity contribution in [3.63, 3.8) is 0 Å². The van der Waals surface area contributed by atoms with E-state index in [4.69, 9.17) is 4.74 Å². The number of nitrogens with one attached hydrogen (secondary N) is 2. The maximum absolute atomic E-state index is 12.4. The van der Waals surface area contributed by atoms with Crippen LogP contribution in [0, 0.1) is 5.92 Å². The lowest BCUT2D eigenvalue weighted by atomic mass is 10.1. The second kappa shape index (κ2) is 10.1. The smallest absolute Gasteiger partial charge is 0.270 e. The van der Waals surface area contributed by atoms with Gasteiger partial charge in [0.05, 0.1) is 29.6 Å². The first-order chi connectivity index (χ1) is 16.6. The summed E-state index contributed by atoms with van der Waals surface area (Å²) in [7, 11) is 1.56. The summed E-state index contributed by atoms with van der Waals surface area (Å²) < 4.78 is 6.89. The highest BCUT2D eigenvalue weighted by Gasteiger charge is 2.22. The number of fused-ring (bicyclic) bond motifs is 2. The van der Waals surface area contributed by atoms with Gasteiger partial charge in [-0.05, 0) is 43.6 Å². The number of pyridine rings is 2. The molecule has 0 bridgehead atoms. The van der Waals surface area contributed by atoms with E-state index in [9.17, 15) is 9.59 Å². The van der Waals surface area contributed by atoms with Crippen molar-refractivity contribution in [1.29, 1.82) is 0 Å². The highest BCUT2D eigenvalue weighted by Crippen LogP contribution is 2.29. The van der Waals surface area contributed by atoms with E-state index in [0.29, 0.717) is 47.6 Å². The molecular weight excluding hydrogens is 454 g/mol. The number of thioether (sulfide) groups is 1. The van der Waals surface area contributed by atoms with Crippen LogP contribution < -0.4 is 20.9 Å². The number of anilines is 1. The molecule has 2 N–H and O–H groups in total. The zero-order valence-corrected chi connectivity index (χ0v) is 19.8. The van der Waals surface area contributed by atoms with E-state index in [0.717, 1.165) is 43.2 Å². The first-order valence-corrected chi connectivity index (χ1v) is 12.3. The maximum atomic E-state index is 12.4. The van der Waals surface area contributed by atoms with Gasteiger partial charge in [-0.3, -0.25) is 14.2 Å². The van der Waals surface area contributed by atoms with Gasteiger partial charge in [0, 0.05) is 32.2 Å². The van der Waals surface area contributed by atoms with Crippen molar-refractivity contribution in [3.8, 4) is 5.88 Å². The number of hydrogen-bond donors (Lipinski definition) is 2. The van der Waals surface area contributed by atoms with E-state index in [-0.39, 0.29) is 11.5 Å². The van der Waals surface area contributed by atoms with Crippen LogP contribution in [0.3, 0.4) is 0 Å². The van der Waals surface area contributed by atoms with Gasteiger partial charge in [0.25, 0.3) is 5.56 Å². The Morgan fingerprint density at radius 2 is 2.12 bits per heavy atom. The highest BCUT2D eigenvalue weighted by molar-refractivity contribution is 8.00. The van der Waals surface area contributed by atoms with Crippen LogP contribution in [-0.4, -0.2) is 69.4 Å². The Balaban J connectivity index is 1.13. The number of amides is 1. The lowest BCUT2D eigenvalue weighted by Gasteiger charge is -2.18. The van der Waals surface area contributed by atoms with Gasteiger partial charge < -0.3 is 20.3 Å². The zero-order chi connectivity index (χ0) is 23.5. The zero-order valence-electron chi connectivity index (χ0n) is 19.0. The van der Waals surface area contributed by atoms with Crippen LogP contribution in [-0.2, 0) is 17.9 Å². The van der Waals surface area contributed by atoms with Crippen molar-refractivity contribution in [2.75, 3.05) is 44.4 Å². The highest BCUT2D eigenvalue weighted by atomic mass is 32.2. The summed E-state index contributed by atoms with van der Waals surface area (Å²) in [4.78, 5) is 40.6. The predicted octanol–water partition coefficient (Wildman–Crippen LogP) is 1.35. The molecule has 1 unspecified atom stereocenters. The van der Waals surface area contributed by atoms with Gasteiger partial charge in [-0.25, -0.2) is 9.97 Å². The lowest BCUT2D eigenvalue weighted by Crippen LogP contribution is -2.31. The fourth-order valence-corrected chi connectivity index (χ4v) is 5.14. The van der Waals surface area contributed by atoms with E-state index in [1.165, 1.54) is 18.0 Å². The molecule has 5 rings (SSSR count). The number of carbonyl (C=O) groups is 1. The number of ether oxygens (including phenoxy) is 1. The standard InChI is InChI=1S/C23H27N7O3S/c1-33-20-5-3-17-23(28-20)30(21(32)12-25-17)9-8-29-7-6-15(13-29)10-24-11-16-2-4-18-22(26-16)27-19(31)14-34-18/h2-5,12,15,24H,6-11,13-14H2,1H3,(H,26,27,31). The van der Waals surface area contributed by atoms with E-state index >= 15 is 0 Å². The third-order valence-corrected chi connectivity index (χ3v) is 7.20. The molecule has 0 saturated carbocycles. The Labute approximate surface area is 201 Å². The van der Waals surface area contributed by atoms with Crippen molar-refractivity contribution in [2.45, 2.75) is 24.4 Å². The summed E-state index contributed by atoms with van der Waals surface area (Å²) in [5.74, 6) is 2.12. The van der Waals surface area contributed by atoms with Crippen LogP contribution in [0.1, 0.15) is 12.1 Å². The van der Waals surface area contributed by atoms with E-state index in [1.54, 1.807) is 17.7 Å². The fraction of sp³-hybridized carbons (Fsp3) is 0.435. The number of methoxy groups -OCH3 is 1. The first-order valence-electron chi connectivity index (χ1n) is 11.4. The topological polar surface area (TPSA) is 114 Å². The molecule has 1 fully saturated rings. The van der Waals surface area contributed by atoms with Crippen LogP contribution in [0.15, 0.2) is 40.2 Å². The molecule has 2 aliphatic rings. The van der Waals surface area contributed by atoms with Crippen LogP contribution in [0.5, 0.6) is 5.88 Å². The Bertz CT molecular complexity index is 1270. The number of hydrogen-bond acceptors (Lipinski definition) is 9. The number of carbonyl (C=O) groups excluding carboxylic acids is 1. The second-order valence-electron chi connectivity index (χ2n) is 8.52. The average molecular weight is 482 g/mol. The molecule has 1 saturated heterocycles. The number of rotatable bonds is 8. The summed E-state index contributed by atoms with van der Waals surface area (Å²) >= 11 is 1.52. The molecule has 0 aliphatic carbocycles. The van der Waals surface area contributed by atoms with E-state index < -0.39 is 0 Å². The number of nitrogens with zero attached hydrogens (tertiary/aromatic N) is 5. The second-order valence-corrected chi connectivity index (χ2v) is 9.53. The normalized spacial score (nSPS) is 18.1. The molecule has 34 heavy (non-hydrogen) atoms. The van der Waals surface area contributed by atoms with Gasteiger partial charge in [-0.2, -0.15) is 4.98 Å². The Kier molecular flexibility index (Phi) is 6.75.